The first-order chi connectivity index (χ1) is 12.8. The van der Waals surface area contributed by atoms with Crippen molar-refractivity contribution in [1.82, 2.24) is 4.90 Å². The Morgan fingerprint density at radius 1 is 0.963 bits per heavy atom. The van der Waals surface area contributed by atoms with Crippen molar-refractivity contribution in [3.8, 4) is 0 Å². The van der Waals surface area contributed by atoms with Crippen LogP contribution in [0.1, 0.15) is 49.3 Å². The van der Waals surface area contributed by atoms with Crippen LogP contribution in [-0.2, 0) is 13.0 Å². The van der Waals surface area contributed by atoms with Gasteiger partial charge in [0, 0.05) is 12.6 Å². The smallest absolute Gasteiger partial charge is 0.297 e. The van der Waals surface area contributed by atoms with Crippen molar-refractivity contribution < 1.29 is 13.2 Å². The zero-order valence-corrected chi connectivity index (χ0v) is 16.0. The van der Waals surface area contributed by atoms with E-state index in [0.717, 1.165) is 31.5 Å². The van der Waals surface area contributed by atoms with Crippen LogP contribution in [-0.4, -0.2) is 23.7 Å². The van der Waals surface area contributed by atoms with Crippen molar-refractivity contribution in [2.45, 2.75) is 57.8 Å². The predicted molar refractivity (Wildman–Crippen MR) is 104 cm³/mol. The SMILES string of the molecule is CC(C)N(CCCc1ccc(C2CC2C(F)(F)F)cc1)Cc1ccccc1. The summed E-state index contributed by atoms with van der Waals surface area (Å²) < 4.78 is 38.1. The predicted octanol–water partition coefficient (Wildman–Crippen LogP) is 6.20. The average Bonchev–Trinajstić information content (AvgIpc) is 3.43. The lowest BCUT2D eigenvalue weighted by Gasteiger charge is -2.26. The Balaban J connectivity index is 1.48. The molecule has 1 saturated carbocycles. The molecule has 0 bridgehead atoms. The molecular formula is C23H28F3N. The van der Waals surface area contributed by atoms with Gasteiger partial charge in [0.2, 0.25) is 0 Å². The Morgan fingerprint density at radius 3 is 2.19 bits per heavy atom. The van der Waals surface area contributed by atoms with Gasteiger partial charge in [-0.25, -0.2) is 0 Å². The van der Waals surface area contributed by atoms with E-state index < -0.39 is 12.1 Å². The standard InChI is InChI=1S/C23H28F3N/c1-17(2)27(16-19-7-4-3-5-8-19)14-6-9-18-10-12-20(13-11-18)21-15-22(21)23(24,25)26/h3-5,7-8,10-13,17,21-22H,6,9,14-16H2,1-2H3. The van der Waals surface area contributed by atoms with Gasteiger partial charge in [0.15, 0.2) is 0 Å². The zero-order chi connectivity index (χ0) is 19.4. The summed E-state index contributed by atoms with van der Waals surface area (Å²) in [4.78, 5) is 2.46. The molecule has 0 heterocycles. The number of benzene rings is 2. The van der Waals surface area contributed by atoms with Gasteiger partial charge < -0.3 is 0 Å². The van der Waals surface area contributed by atoms with Crippen molar-refractivity contribution in [1.29, 1.82) is 0 Å². The molecule has 1 aliphatic rings. The quantitative estimate of drug-likeness (QED) is 0.531. The molecule has 2 unspecified atom stereocenters. The van der Waals surface area contributed by atoms with E-state index >= 15 is 0 Å². The number of halogens is 3. The first kappa shape index (κ1) is 19.9. The van der Waals surface area contributed by atoms with Gasteiger partial charge in [0.25, 0.3) is 0 Å². The highest BCUT2D eigenvalue weighted by atomic mass is 19.4. The summed E-state index contributed by atoms with van der Waals surface area (Å²) in [6, 6.07) is 18.7. The molecule has 146 valence electrons. The number of rotatable bonds is 8. The van der Waals surface area contributed by atoms with Crippen LogP contribution in [0.5, 0.6) is 0 Å². The number of hydrogen-bond donors (Lipinski definition) is 0. The van der Waals surface area contributed by atoms with Crippen LogP contribution >= 0.6 is 0 Å². The maximum absolute atomic E-state index is 12.7. The maximum atomic E-state index is 12.7. The van der Waals surface area contributed by atoms with Crippen LogP contribution in [0.25, 0.3) is 0 Å². The largest absolute Gasteiger partial charge is 0.392 e. The Hall–Kier alpha value is -1.81. The van der Waals surface area contributed by atoms with Gasteiger partial charge in [-0.15, -0.1) is 0 Å². The lowest BCUT2D eigenvalue weighted by atomic mass is 10.0. The third kappa shape index (κ3) is 5.58. The third-order valence-corrected chi connectivity index (χ3v) is 5.49. The number of alkyl halides is 3. The van der Waals surface area contributed by atoms with Gasteiger partial charge in [0.05, 0.1) is 5.92 Å². The van der Waals surface area contributed by atoms with E-state index in [9.17, 15) is 13.2 Å². The molecule has 0 amide bonds. The highest BCUT2D eigenvalue weighted by molar-refractivity contribution is 5.30. The van der Waals surface area contributed by atoms with Crippen LogP contribution in [0.3, 0.4) is 0 Å². The molecule has 3 rings (SSSR count). The Labute approximate surface area is 160 Å². The second-order valence-corrected chi connectivity index (χ2v) is 7.89. The van der Waals surface area contributed by atoms with Gasteiger partial charge in [-0.05, 0) is 62.3 Å². The van der Waals surface area contributed by atoms with E-state index in [4.69, 9.17) is 0 Å². The van der Waals surface area contributed by atoms with Crippen LogP contribution in [0.15, 0.2) is 54.6 Å². The minimum atomic E-state index is -4.05. The van der Waals surface area contributed by atoms with Crippen molar-refractivity contribution in [3.63, 3.8) is 0 Å². The summed E-state index contributed by atoms with van der Waals surface area (Å²) in [5, 5.41) is 0. The average molecular weight is 375 g/mol. The summed E-state index contributed by atoms with van der Waals surface area (Å²) >= 11 is 0. The van der Waals surface area contributed by atoms with Gasteiger partial charge in [0.1, 0.15) is 0 Å². The first-order valence-electron chi connectivity index (χ1n) is 9.78. The molecular weight excluding hydrogens is 347 g/mol. The molecule has 1 aliphatic carbocycles. The summed E-state index contributed by atoms with van der Waals surface area (Å²) in [7, 11) is 0. The number of nitrogens with zero attached hydrogens (tertiary/aromatic N) is 1. The van der Waals surface area contributed by atoms with Gasteiger partial charge in [-0.2, -0.15) is 13.2 Å². The van der Waals surface area contributed by atoms with E-state index in [0.29, 0.717) is 6.04 Å². The maximum Gasteiger partial charge on any atom is 0.392 e. The van der Waals surface area contributed by atoms with E-state index in [1.165, 1.54) is 11.1 Å². The fraction of sp³-hybridized carbons (Fsp3) is 0.478. The Kier molecular flexibility index (Phi) is 6.25. The second kappa shape index (κ2) is 8.47. The normalized spacial score (nSPS) is 19.7. The monoisotopic (exact) mass is 375 g/mol. The molecule has 1 fully saturated rings. The van der Waals surface area contributed by atoms with Crippen molar-refractivity contribution in [2.75, 3.05) is 6.54 Å². The molecule has 0 N–H and O–H groups in total. The van der Waals surface area contributed by atoms with Crippen molar-refractivity contribution >= 4 is 0 Å². The topological polar surface area (TPSA) is 3.24 Å². The van der Waals surface area contributed by atoms with E-state index in [2.05, 4.69) is 43.0 Å². The minimum absolute atomic E-state index is 0.242. The fourth-order valence-corrected chi connectivity index (χ4v) is 3.68. The molecule has 2 atom stereocenters. The van der Waals surface area contributed by atoms with E-state index in [-0.39, 0.29) is 12.3 Å². The zero-order valence-electron chi connectivity index (χ0n) is 16.0. The summed E-state index contributed by atoms with van der Waals surface area (Å²) in [6.45, 7) is 6.37. The summed E-state index contributed by atoms with van der Waals surface area (Å²) in [5.41, 5.74) is 3.35. The molecule has 0 aliphatic heterocycles. The van der Waals surface area contributed by atoms with E-state index in [1.54, 1.807) is 0 Å². The van der Waals surface area contributed by atoms with E-state index in [1.807, 2.05) is 30.3 Å². The number of aryl methyl sites for hydroxylation is 1. The highest BCUT2D eigenvalue weighted by Crippen LogP contribution is 2.56. The summed E-state index contributed by atoms with van der Waals surface area (Å²) in [5.74, 6) is -1.47. The molecule has 4 heteroatoms. The first-order valence-corrected chi connectivity index (χ1v) is 9.78. The van der Waals surface area contributed by atoms with Crippen molar-refractivity contribution in [2.24, 2.45) is 5.92 Å². The summed E-state index contributed by atoms with van der Waals surface area (Å²) in [6.07, 6.45) is -1.82. The molecule has 1 nitrogen and oxygen atoms in total. The highest BCUT2D eigenvalue weighted by Gasteiger charge is 2.55. The Bertz CT molecular complexity index is 707. The fourth-order valence-electron chi connectivity index (χ4n) is 3.68. The lowest BCUT2D eigenvalue weighted by molar-refractivity contribution is -0.148. The van der Waals surface area contributed by atoms with Crippen LogP contribution in [0, 0.1) is 5.92 Å². The molecule has 0 spiro atoms. The number of hydrogen-bond acceptors (Lipinski definition) is 1. The van der Waals surface area contributed by atoms with Crippen molar-refractivity contribution in [3.05, 3.63) is 71.3 Å². The van der Waals surface area contributed by atoms with Gasteiger partial charge in [-0.1, -0.05) is 54.6 Å². The lowest BCUT2D eigenvalue weighted by Crippen LogP contribution is -2.31. The molecule has 0 aromatic heterocycles. The second-order valence-electron chi connectivity index (χ2n) is 7.89. The van der Waals surface area contributed by atoms with Crippen LogP contribution in [0.4, 0.5) is 13.2 Å². The van der Waals surface area contributed by atoms with Gasteiger partial charge >= 0.3 is 6.18 Å². The van der Waals surface area contributed by atoms with Crippen LogP contribution < -0.4 is 0 Å². The molecule has 27 heavy (non-hydrogen) atoms. The molecule has 2 aromatic carbocycles. The van der Waals surface area contributed by atoms with Crippen LogP contribution in [0.2, 0.25) is 0 Å². The molecule has 0 radical (unpaired) electrons. The molecule has 0 saturated heterocycles. The minimum Gasteiger partial charge on any atom is -0.297 e. The third-order valence-electron chi connectivity index (χ3n) is 5.49. The Morgan fingerprint density at radius 2 is 1.63 bits per heavy atom. The molecule has 2 aromatic rings. The van der Waals surface area contributed by atoms with Gasteiger partial charge in [-0.3, -0.25) is 4.90 Å².